The molecule has 0 spiro atoms. The number of fused-ring (bicyclic) bond motifs is 3. The van der Waals surface area contributed by atoms with Crippen LogP contribution in [-0.4, -0.2) is 7.85 Å². The van der Waals surface area contributed by atoms with Gasteiger partial charge in [0.05, 0.1) is 0 Å². The Morgan fingerprint density at radius 3 is 2.30 bits per heavy atom. The van der Waals surface area contributed by atoms with Crippen molar-refractivity contribution in [3.8, 4) is 11.1 Å². The fourth-order valence-electron chi connectivity index (χ4n) is 2.68. The lowest BCUT2D eigenvalue weighted by atomic mass is 9.92. The van der Waals surface area contributed by atoms with Crippen LogP contribution >= 0.6 is 11.3 Å². The quantitative estimate of drug-likeness (QED) is 0.446. The third-order valence-electron chi connectivity index (χ3n) is 3.62. The molecule has 0 N–H and O–H groups in total. The Morgan fingerprint density at radius 1 is 0.700 bits per heavy atom. The molecule has 4 rings (SSSR count). The molecule has 0 amide bonds. The summed E-state index contributed by atoms with van der Waals surface area (Å²) in [5.41, 5.74) is 3.30. The van der Waals surface area contributed by atoms with Gasteiger partial charge in [-0.2, -0.15) is 0 Å². The molecule has 0 aliphatic rings. The standard InChI is InChI=1S/C18H11BS/c19-13-10-8-12(9-11-13)14-5-3-7-17-18(14)15-4-1-2-6-16(15)20-17/h1-11H. The molecule has 92 valence electrons. The van der Waals surface area contributed by atoms with Gasteiger partial charge in [0.15, 0.2) is 0 Å². The lowest BCUT2D eigenvalue weighted by Gasteiger charge is -2.05. The Kier molecular flexibility index (Phi) is 2.64. The van der Waals surface area contributed by atoms with Crippen molar-refractivity contribution < 1.29 is 0 Å². The van der Waals surface area contributed by atoms with E-state index in [1.54, 1.807) is 0 Å². The summed E-state index contributed by atoms with van der Waals surface area (Å²) in [5.74, 6) is 0. The van der Waals surface area contributed by atoms with Crippen molar-refractivity contribution in [3.05, 3.63) is 66.7 Å². The highest BCUT2D eigenvalue weighted by molar-refractivity contribution is 7.25. The summed E-state index contributed by atoms with van der Waals surface area (Å²) < 4.78 is 2.67. The normalized spacial score (nSPS) is 11.2. The van der Waals surface area contributed by atoms with Crippen molar-refractivity contribution in [2.75, 3.05) is 0 Å². The van der Waals surface area contributed by atoms with Crippen molar-refractivity contribution in [2.45, 2.75) is 0 Å². The molecule has 20 heavy (non-hydrogen) atoms. The highest BCUT2D eigenvalue weighted by atomic mass is 32.1. The zero-order valence-corrected chi connectivity index (χ0v) is 11.7. The van der Waals surface area contributed by atoms with E-state index in [2.05, 4.69) is 54.6 Å². The molecule has 0 unspecified atom stereocenters. The molecule has 0 fully saturated rings. The van der Waals surface area contributed by atoms with E-state index in [-0.39, 0.29) is 0 Å². The van der Waals surface area contributed by atoms with Crippen LogP contribution in [0.1, 0.15) is 0 Å². The van der Waals surface area contributed by atoms with Crippen LogP contribution in [0.4, 0.5) is 0 Å². The lowest BCUT2D eigenvalue weighted by Crippen LogP contribution is -1.99. The molecular weight excluding hydrogens is 259 g/mol. The van der Waals surface area contributed by atoms with Crippen LogP contribution in [0.3, 0.4) is 0 Å². The molecule has 2 radical (unpaired) electrons. The molecular formula is C18H11BS. The SMILES string of the molecule is [B]c1ccc(-c2cccc3sc4ccccc4c23)cc1. The van der Waals surface area contributed by atoms with Gasteiger partial charge in [0, 0.05) is 20.2 Å². The minimum Gasteiger partial charge on any atom is -0.135 e. The second kappa shape index (κ2) is 4.50. The van der Waals surface area contributed by atoms with Crippen LogP contribution in [-0.2, 0) is 0 Å². The molecule has 0 aliphatic heterocycles. The van der Waals surface area contributed by atoms with Crippen molar-refractivity contribution in [1.82, 2.24) is 0 Å². The maximum Gasteiger partial charge on any atom is 0.113 e. The third-order valence-corrected chi connectivity index (χ3v) is 4.76. The van der Waals surface area contributed by atoms with Gasteiger partial charge in [0.25, 0.3) is 0 Å². The average Bonchev–Trinajstić information content (AvgIpc) is 2.86. The summed E-state index contributed by atoms with van der Waals surface area (Å²) in [6, 6.07) is 23.2. The summed E-state index contributed by atoms with van der Waals surface area (Å²) in [6.45, 7) is 0. The van der Waals surface area contributed by atoms with E-state index in [1.807, 2.05) is 23.5 Å². The zero-order chi connectivity index (χ0) is 13.5. The Labute approximate surface area is 123 Å². The first kappa shape index (κ1) is 11.7. The first-order valence-corrected chi connectivity index (χ1v) is 7.41. The van der Waals surface area contributed by atoms with Gasteiger partial charge < -0.3 is 0 Å². The smallest absolute Gasteiger partial charge is 0.113 e. The molecule has 0 saturated carbocycles. The van der Waals surface area contributed by atoms with Gasteiger partial charge in [-0.15, -0.1) is 11.3 Å². The molecule has 0 saturated heterocycles. The van der Waals surface area contributed by atoms with Crippen LogP contribution in [0.15, 0.2) is 66.7 Å². The number of hydrogen-bond donors (Lipinski definition) is 0. The number of rotatable bonds is 1. The topological polar surface area (TPSA) is 0 Å². The van der Waals surface area contributed by atoms with E-state index in [0.717, 1.165) is 5.46 Å². The monoisotopic (exact) mass is 270 g/mol. The second-order valence-electron chi connectivity index (χ2n) is 4.90. The van der Waals surface area contributed by atoms with Gasteiger partial charge in [-0.1, -0.05) is 60.1 Å². The van der Waals surface area contributed by atoms with Crippen molar-refractivity contribution in [2.24, 2.45) is 0 Å². The number of thiophene rings is 1. The Bertz CT molecular complexity index is 904. The molecule has 0 atom stereocenters. The Morgan fingerprint density at radius 2 is 1.45 bits per heavy atom. The summed E-state index contributed by atoms with van der Waals surface area (Å²) in [6.07, 6.45) is 0. The maximum atomic E-state index is 5.79. The highest BCUT2D eigenvalue weighted by Gasteiger charge is 2.09. The predicted molar refractivity (Wildman–Crippen MR) is 90.2 cm³/mol. The number of hydrogen-bond acceptors (Lipinski definition) is 1. The Hall–Kier alpha value is -2.06. The summed E-state index contributed by atoms with van der Waals surface area (Å²) >= 11 is 1.85. The van der Waals surface area contributed by atoms with Gasteiger partial charge in [0.1, 0.15) is 7.85 Å². The third kappa shape index (κ3) is 1.76. The van der Waals surface area contributed by atoms with Crippen LogP contribution < -0.4 is 5.46 Å². The fraction of sp³-hybridized carbons (Fsp3) is 0. The molecule has 1 heterocycles. The van der Waals surface area contributed by atoms with E-state index >= 15 is 0 Å². The molecule has 0 bridgehead atoms. The largest absolute Gasteiger partial charge is 0.135 e. The molecule has 3 aromatic carbocycles. The van der Waals surface area contributed by atoms with E-state index in [1.165, 1.54) is 31.3 Å². The summed E-state index contributed by atoms with van der Waals surface area (Å²) in [4.78, 5) is 0. The first-order valence-electron chi connectivity index (χ1n) is 6.59. The van der Waals surface area contributed by atoms with Crippen molar-refractivity contribution >= 4 is 44.8 Å². The van der Waals surface area contributed by atoms with Gasteiger partial charge in [-0.05, 0) is 23.3 Å². The predicted octanol–water partition coefficient (Wildman–Crippen LogP) is 4.52. The van der Waals surface area contributed by atoms with Crippen LogP contribution in [0, 0.1) is 0 Å². The second-order valence-corrected chi connectivity index (χ2v) is 5.98. The van der Waals surface area contributed by atoms with Crippen LogP contribution in [0.2, 0.25) is 0 Å². The molecule has 0 aliphatic carbocycles. The molecule has 4 aromatic rings. The average molecular weight is 270 g/mol. The Balaban J connectivity index is 2.11. The molecule has 0 nitrogen and oxygen atoms in total. The highest BCUT2D eigenvalue weighted by Crippen LogP contribution is 2.39. The van der Waals surface area contributed by atoms with E-state index < -0.39 is 0 Å². The van der Waals surface area contributed by atoms with Gasteiger partial charge in [-0.25, -0.2) is 0 Å². The minimum absolute atomic E-state index is 0.802. The van der Waals surface area contributed by atoms with Gasteiger partial charge in [-0.3, -0.25) is 0 Å². The fourth-order valence-corrected chi connectivity index (χ4v) is 3.81. The zero-order valence-electron chi connectivity index (χ0n) is 10.8. The maximum absolute atomic E-state index is 5.79. The van der Waals surface area contributed by atoms with Crippen LogP contribution in [0.25, 0.3) is 31.3 Å². The molecule has 2 heteroatoms. The molecule has 1 aromatic heterocycles. The summed E-state index contributed by atoms with van der Waals surface area (Å²) in [7, 11) is 5.79. The van der Waals surface area contributed by atoms with Crippen molar-refractivity contribution in [1.29, 1.82) is 0 Å². The van der Waals surface area contributed by atoms with Gasteiger partial charge >= 0.3 is 0 Å². The van der Waals surface area contributed by atoms with E-state index in [9.17, 15) is 0 Å². The minimum atomic E-state index is 0.802. The van der Waals surface area contributed by atoms with E-state index in [4.69, 9.17) is 7.85 Å². The van der Waals surface area contributed by atoms with Crippen molar-refractivity contribution in [3.63, 3.8) is 0 Å². The lowest BCUT2D eigenvalue weighted by molar-refractivity contribution is 1.70. The van der Waals surface area contributed by atoms with Crippen LogP contribution in [0.5, 0.6) is 0 Å². The summed E-state index contributed by atoms with van der Waals surface area (Å²) in [5, 5.41) is 2.68. The van der Waals surface area contributed by atoms with Gasteiger partial charge in [0.2, 0.25) is 0 Å². The van der Waals surface area contributed by atoms with E-state index in [0.29, 0.717) is 0 Å². The first-order chi connectivity index (χ1) is 9.83. The number of benzene rings is 3.